The molecule has 4 rings (SSSR count). The number of anilines is 1. The lowest BCUT2D eigenvalue weighted by Gasteiger charge is -2.27. The second kappa shape index (κ2) is 16.2. The number of unbranched alkanes of at least 4 members (excludes halogenated alkanes) is 3. The van der Waals surface area contributed by atoms with Crippen LogP contribution >= 0.6 is 0 Å². The largest absolute Gasteiger partial charge is 0.497 e. The predicted molar refractivity (Wildman–Crippen MR) is 173 cm³/mol. The number of hydrogen-bond donors (Lipinski definition) is 3. The molecule has 0 fully saturated rings. The molecule has 3 N–H and O–H groups in total. The molecular formula is C35H42N4O4. The number of carbonyl (C=O) groups is 2. The van der Waals surface area contributed by atoms with Gasteiger partial charge in [-0.25, -0.2) is 0 Å². The SMILES string of the molecule is [2H]C([2H])([2H])NCCCCCCNC(=O)c1ccc(N(Cc2ccc(OC)cc2OC)NC(=O)Cc2ccc3ccccc3c2)cc1. The van der Waals surface area contributed by atoms with E-state index in [0.29, 0.717) is 42.4 Å². The Balaban J connectivity index is 1.40. The maximum Gasteiger partial charge on any atom is 0.251 e. The molecule has 0 spiro atoms. The molecule has 0 saturated heterocycles. The molecule has 0 atom stereocenters. The monoisotopic (exact) mass is 585 g/mol. The van der Waals surface area contributed by atoms with Crippen LogP contribution in [-0.4, -0.2) is 46.1 Å². The predicted octanol–water partition coefficient (Wildman–Crippen LogP) is 5.65. The summed E-state index contributed by atoms with van der Waals surface area (Å²) >= 11 is 0. The zero-order valence-electron chi connectivity index (χ0n) is 27.8. The number of hydrazine groups is 1. The third-order valence-corrected chi connectivity index (χ3v) is 7.22. The van der Waals surface area contributed by atoms with Gasteiger partial charge in [-0.1, -0.05) is 55.3 Å². The summed E-state index contributed by atoms with van der Waals surface area (Å²) in [5, 5.41) is 9.39. The number of rotatable bonds is 16. The molecule has 0 saturated carbocycles. The lowest BCUT2D eigenvalue weighted by atomic mass is 10.1. The van der Waals surface area contributed by atoms with Crippen LogP contribution in [0.25, 0.3) is 10.8 Å². The van der Waals surface area contributed by atoms with Crippen molar-refractivity contribution in [1.29, 1.82) is 0 Å². The summed E-state index contributed by atoms with van der Waals surface area (Å²) in [6.07, 6.45) is 3.54. The molecule has 0 heterocycles. The van der Waals surface area contributed by atoms with E-state index in [-0.39, 0.29) is 18.2 Å². The van der Waals surface area contributed by atoms with Crippen LogP contribution in [0.3, 0.4) is 0 Å². The third-order valence-electron chi connectivity index (χ3n) is 7.22. The normalized spacial score (nSPS) is 12.1. The van der Waals surface area contributed by atoms with E-state index < -0.39 is 6.98 Å². The Morgan fingerprint density at radius 1 is 0.814 bits per heavy atom. The zero-order valence-corrected chi connectivity index (χ0v) is 24.8. The summed E-state index contributed by atoms with van der Waals surface area (Å²) in [5.41, 5.74) is 6.00. The number of carbonyl (C=O) groups excluding carboxylic acids is 2. The summed E-state index contributed by atoms with van der Waals surface area (Å²) in [4.78, 5) is 26.1. The molecule has 0 aromatic heterocycles. The van der Waals surface area contributed by atoms with Crippen LogP contribution in [0.5, 0.6) is 11.5 Å². The van der Waals surface area contributed by atoms with Gasteiger partial charge in [0.1, 0.15) is 11.5 Å². The van der Waals surface area contributed by atoms with Crippen molar-refractivity contribution in [2.45, 2.75) is 38.6 Å². The lowest BCUT2D eigenvalue weighted by molar-refractivity contribution is -0.120. The van der Waals surface area contributed by atoms with Gasteiger partial charge in [-0.05, 0) is 79.1 Å². The van der Waals surface area contributed by atoms with Crippen molar-refractivity contribution in [3.63, 3.8) is 0 Å². The molecule has 0 aliphatic carbocycles. The highest BCUT2D eigenvalue weighted by molar-refractivity contribution is 5.94. The first-order chi connectivity index (χ1) is 22.1. The van der Waals surface area contributed by atoms with Crippen molar-refractivity contribution in [2.24, 2.45) is 0 Å². The summed E-state index contributed by atoms with van der Waals surface area (Å²) in [6, 6.07) is 26.7. The van der Waals surface area contributed by atoms with E-state index in [2.05, 4.69) is 16.1 Å². The van der Waals surface area contributed by atoms with E-state index >= 15 is 0 Å². The Kier molecular flexibility index (Phi) is 10.3. The van der Waals surface area contributed by atoms with Gasteiger partial charge in [-0.2, -0.15) is 0 Å². The average Bonchev–Trinajstić information content (AvgIpc) is 3.05. The molecule has 8 heteroatoms. The van der Waals surface area contributed by atoms with E-state index in [4.69, 9.17) is 13.6 Å². The molecule has 0 unspecified atom stereocenters. The zero-order chi connectivity index (χ0) is 32.9. The topological polar surface area (TPSA) is 91.9 Å². The number of benzene rings is 4. The number of amides is 2. The third kappa shape index (κ3) is 9.21. The highest BCUT2D eigenvalue weighted by atomic mass is 16.5. The highest BCUT2D eigenvalue weighted by Crippen LogP contribution is 2.27. The van der Waals surface area contributed by atoms with Crippen LogP contribution in [0.2, 0.25) is 0 Å². The summed E-state index contributed by atoms with van der Waals surface area (Å²) in [7, 11) is 3.18. The van der Waals surface area contributed by atoms with Crippen molar-refractivity contribution >= 4 is 28.3 Å². The fourth-order valence-electron chi connectivity index (χ4n) is 4.86. The second-order valence-electron chi connectivity index (χ2n) is 10.3. The van der Waals surface area contributed by atoms with Crippen molar-refractivity contribution < 1.29 is 23.2 Å². The lowest BCUT2D eigenvalue weighted by Crippen LogP contribution is -2.42. The second-order valence-corrected chi connectivity index (χ2v) is 10.3. The van der Waals surface area contributed by atoms with Crippen LogP contribution < -0.4 is 30.5 Å². The van der Waals surface area contributed by atoms with Gasteiger partial charge < -0.3 is 20.1 Å². The molecule has 226 valence electrons. The van der Waals surface area contributed by atoms with Crippen LogP contribution in [0.4, 0.5) is 5.69 Å². The van der Waals surface area contributed by atoms with Gasteiger partial charge in [0.2, 0.25) is 5.91 Å². The van der Waals surface area contributed by atoms with Gasteiger partial charge in [0.25, 0.3) is 5.91 Å². The fourth-order valence-corrected chi connectivity index (χ4v) is 4.86. The standard InChI is InChI=1S/C35H42N4O4/c1-36-20-8-4-5-9-21-37-35(41)28-14-17-31(18-15-28)39(25-30-16-19-32(42-2)24-33(30)43-3)38-34(40)23-26-12-13-27-10-6-7-11-29(27)22-26/h6-7,10-19,22,24,36H,4-5,8-9,20-21,23,25H2,1-3H3,(H,37,41)(H,38,40)/i1D3. The molecule has 2 amide bonds. The molecule has 0 bridgehead atoms. The van der Waals surface area contributed by atoms with Gasteiger partial charge in [0.15, 0.2) is 0 Å². The van der Waals surface area contributed by atoms with Crippen LogP contribution in [-0.2, 0) is 17.8 Å². The minimum atomic E-state index is -2.10. The van der Waals surface area contributed by atoms with Crippen LogP contribution in [0.1, 0.15) is 51.3 Å². The fraction of sp³-hybridized carbons (Fsp3) is 0.314. The average molecular weight is 586 g/mol. The van der Waals surface area contributed by atoms with Gasteiger partial charge in [-0.3, -0.25) is 20.0 Å². The van der Waals surface area contributed by atoms with E-state index in [1.165, 1.54) is 0 Å². The van der Waals surface area contributed by atoms with E-state index in [0.717, 1.165) is 47.6 Å². The molecule has 4 aromatic carbocycles. The minimum absolute atomic E-state index is 0.181. The number of nitrogens with one attached hydrogen (secondary N) is 3. The van der Waals surface area contributed by atoms with E-state index in [1.807, 2.05) is 54.6 Å². The van der Waals surface area contributed by atoms with E-state index in [1.54, 1.807) is 49.6 Å². The number of ether oxygens (including phenoxy) is 2. The van der Waals surface area contributed by atoms with Gasteiger partial charge in [-0.15, -0.1) is 0 Å². The number of hydrogen-bond acceptors (Lipinski definition) is 6. The highest BCUT2D eigenvalue weighted by Gasteiger charge is 2.16. The van der Waals surface area contributed by atoms with Gasteiger partial charge >= 0.3 is 0 Å². The number of methoxy groups -OCH3 is 2. The van der Waals surface area contributed by atoms with Crippen molar-refractivity contribution in [2.75, 3.05) is 39.3 Å². The van der Waals surface area contributed by atoms with Crippen molar-refractivity contribution in [3.05, 3.63) is 102 Å². The Bertz CT molecular complexity index is 1600. The molecule has 0 aliphatic heterocycles. The quantitative estimate of drug-likeness (QED) is 0.116. The summed E-state index contributed by atoms with van der Waals surface area (Å²) < 4.78 is 32.4. The van der Waals surface area contributed by atoms with E-state index in [9.17, 15) is 9.59 Å². The molecule has 8 nitrogen and oxygen atoms in total. The Hall–Kier alpha value is -4.56. The molecule has 4 aromatic rings. The first kappa shape index (κ1) is 27.3. The summed E-state index contributed by atoms with van der Waals surface area (Å²) in [6.45, 7) is -0.820. The van der Waals surface area contributed by atoms with Gasteiger partial charge in [0.05, 0.1) is 32.9 Å². The van der Waals surface area contributed by atoms with Gasteiger partial charge in [0, 0.05) is 27.9 Å². The van der Waals surface area contributed by atoms with Crippen LogP contribution in [0.15, 0.2) is 84.9 Å². The number of fused-ring (bicyclic) bond motifs is 1. The van der Waals surface area contributed by atoms with Crippen molar-refractivity contribution in [1.82, 2.24) is 16.1 Å². The summed E-state index contributed by atoms with van der Waals surface area (Å²) in [5.74, 6) is 0.920. The maximum absolute atomic E-state index is 13.3. The molecule has 43 heavy (non-hydrogen) atoms. The Morgan fingerprint density at radius 2 is 1.58 bits per heavy atom. The molecule has 0 aliphatic rings. The molecular weight excluding hydrogens is 540 g/mol. The minimum Gasteiger partial charge on any atom is -0.497 e. The Morgan fingerprint density at radius 3 is 2.33 bits per heavy atom. The Labute approximate surface area is 258 Å². The number of nitrogens with zero attached hydrogens (tertiary/aromatic N) is 1. The maximum atomic E-state index is 13.3. The van der Waals surface area contributed by atoms with Crippen molar-refractivity contribution in [3.8, 4) is 11.5 Å². The smallest absolute Gasteiger partial charge is 0.251 e. The molecule has 0 radical (unpaired) electrons. The first-order valence-corrected chi connectivity index (χ1v) is 14.5. The first-order valence-electron chi connectivity index (χ1n) is 16.0. The van der Waals surface area contributed by atoms with Crippen LogP contribution in [0, 0.1) is 0 Å².